The normalized spacial score (nSPS) is 28.8. The standard InChI is InChI=1S/C9H17N2O/c1-2-10-3-5-11(6-4-10)9-7-12-8-9/h2,9H,3-8H2,1H3. The van der Waals surface area contributed by atoms with Gasteiger partial charge in [-0.25, -0.2) is 0 Å². The molecule has 0 amide bonds. The van der Waals surface area contributed by atoms with Crippen LogP contribution in [0.5, 0.6) is 0 Å². The summed E-state index contributed by atoms with van der Waals surface area (Å²) in [6, 6.07) is 0.726. The lowest BCUT2D eigenvalue weighted by atomic mass is 10.2. The van der Waals surface area contributed by atoms with Crippen LogP contribution in [0.4, 0.5) is 0 Å². The summed E-state index contributed by atoms with van der Waals surface area (Å²) in [4.78, 5) is 4.93. The lowest BCUT2D eigenvalue weighted by Gasteiger charge is -2.42. The highest BCUT2D eigenvalue weighted by Crippen LogP contribution is 2.13. The van der Waals surface area contributed by atoms with Crippen LogP contribution >= 0.6 is 0 Å². The van der Waals surface area contributed by atoms with Gasteiger partial charge in [-0.1, -0.05) is 0 Å². The second kappa shape index (κ2) is 3.73. The highest BCUT2D eigenvalue weighted by atomic mass is 16.5. The molecular formula is C9H17N2O. The molecule has 2 aliphatic heterocycles. The zero-order chi connectivity index (χ0) is 8.39. The quantitative estimate of drug-likeness (QED) is 0.586. The third-order valence-electron chi connectivity index (χ3n) is 2.85. The van der Waals surface area contributed by atoms with Crippen molar-refractivity contribution in [3.8, 4) is 0 Å². The van der Waals surface area contributed by atoms with Gasteiger partial charge in [-0.2, -0.15) is 0 Å². The summed E-state index contributed by atoms with van der Waals surface area (Å²) in [5.74, 6) is 0. The Kier molecular flexibility index (Phi) is 2.63. The van der Waals surface area contributed by atoms with Crippen LogP contribution in [0.25, 0.3) is 0 Å². The molecule has 69 valence electrons. The van der Waals surface area contributed by atoms with Crippen LogP contribution in [-0.4, -0.2) is 55.2 Å². The Bertz CT molecular complexity index is 139. The van der Waals surface area contributed by atoms with Gasteiger partial charge in [-0.15, -0.1) is 0 Å². The van der Waals surface area contributed by atoms with Gasteiger partial charge in [0.1, 0.15) is 0 Å². The molecule has 2 fully saturated rings. The maximum atomic E-state index is 5.18. The van der Waals surface area contributed by atoms with Crippen molar-refractivity contribution in [1.29, 1.82) is 0 Å². The first-order valence-corrected chi connectivity index (χ1v) is 4.75. The zero-order valence-corrected chi connectivity index (χ0v) is 7.70. The molecule has 0 aromatic carbocycles. The van der Waals surface area contributed by atoms with Gasteiger partial charge in [0, 0.05) is 32.7 Å². The van der Waals surface area contributed by atoms with E-state index in [0.29, 0.717) is 0 Å². The molecule has 0 aliphatic carbocycles. The first kappa shape index (κ1) is 8.48. The monoisotopic (exact) mass is 169 g/mol. The molecule has 2 aliphatic rings. The molecule has 0 saturated carbocycles. The highest BCUT2D eigenvalue weighted by Gasteiger charge is 2.28. The largest absolute Gasteiger partial charge is 0.378 e. The summed E-state index contributed by atoms with van der Waals surface area (Å²) >= 11 is 0. The number of rotatable bonds is 2. The number of hydrogen-bond donors (Lipinski definition) is 0. The van der Waals surface area contributed by atoms with Crippen molar-refractivity contribution in [3.63, 3.8) is 0 Å². The van der Waals surface area contributed by atoms with E-state index < -0.39 is 0 Å². The molecule has 0 aromatic heterocycles. The van der Waals surface area contributed by atoms with Crippen LogP contribution in [0, 0.1) is 6.54 Å². The minimum absolute atomic E-state index is 0.726. The fourth-order valence-corrected chi connectivity index (χ4v) is 1.79. The van der Waals surface area contributed by atoms with Crippen LogP contribution in [-0.2, 0) is 4.74 Å². The summed E-state index contributed by atoms with van der Waals surface area (Å²) in [6.45, 7) is 11.0. The van der Waals surface area contributed by atoms with Crippen LogP contribution in [0.2, 0.25) is 0 Å². The van der Waals surface area contributed by atoms with E-state index in [1.165, 1.54) is 26.2 Å². The molecule has 0 bridgehead atoms. The van der Waals surface area contributed by atoms with Crippen LogP contribution in [0.1, 0.15) is 6.92 Å². The smallest absolute Gasteiger partial charge is 0.0645 e. The van der Waals surface area contributed by atoms with E-state index in [4.69, 9.17) is 4.74 Å². The first-order valence-electron chi connectivity index (χ1n) is 4.75. The van der Waals surface area contributed by atoms with Crippen LogP contribution in [0.3, 0.4) is 0 Å². The van der Waals surface area contributed by atoms with Crippen LogP contribution in [0.15, 0.2) is 0 Å². The van der Waals surface area contributed by atoms with Gasteiger partial charge in [0.25, 0.3) is 0 Å². The van der Waals surface area contributed by atoms with Gasteiger partial charge in [-0.3, -0.25) is 9.80 Å². The van der Waals surface area contributed by atoms with Gasteiger partial charge in [0.15, 0.2) is 0 Å². The van der Waals surface area contributed by atoms with Gasteiger partial charge in [0.05, 0.1) is 19.3 Å². The van der Waals surface area contributed by atoms with E-state index in [9.17, 15) is 0 Å². The third kappa shape index (κ3) is 1.63. The van der Waals surface area contributed by atoms with Gasteiger partial charge in [-0.05, 0) is 6.92 Å². The Hall–Kier alpha value is -0.120. The average molecular weight is 169 g/mol. The fourth-order valence-electron chi connectivity index (χ4n) is 1.79. The minimum atomic E-state index is 0.726. The molecule has 12 heavy (non-hydrogen) atoms. The lowest BCUT2D eigenvalue weighted by molar-refractivity contribution is -0.0749. The van der Waals surface area contributed by atoms with E-state index >= 15 is 0 Å². The maximum absolute atomic E-state index is 5.18. The van der Waals surface area contributed by atoms with Crippen molar-refractivity contribution in [2.75, 3.05) is 39.4 Å². The Morgan fingerprint density at radius 3 is 2.25 bits per heavy atom. The summed E-state index contributed by atoms with van der Waals surface area (Å²) in [6.07, 6.45) is 0. The molecule has 3 heteroatoms. The predicted octanol–water partition coefficient (Wildman–Crippen LogP) is 0.184. The Morgan fingerprint density at radius 2 is 1.83 bits per heavy atom. The van der Waals surface area contributed by atoms with Crippen molar-refractivity contribution in [2.45, 2.75) is 13.0 Å². The molecular weight excluding hydrogens is 152 g/mol. The van der Waals surface area contributed by atoms with E-state index in [0.717, 1.165) is 19.3 Å². The maximum Gasteiger partial charge on any atom is 0.0645 e. The second-order valence-electron chi connectivity index (χ2n) is 3.52. The molecule has 1 radical (unpaired) electrons. The molecule has 2 rings (SSSR count). The molecule has 2 heterocycles. The molecule has 2 saturated heterocycles. The first-order chi connectivity index (χ1) is 5.90. The van der Waals surface area contributed by atoms with Crippen LogP contribution < -0.4 is 0 Å². The third-order valence-corrected chi connectivity index (χ3v) is 2.85. The number of nitrogens with zero attached hydrogens (tertiary/aromatic N) is 2. The molecule has 0 N–H and O–H groups in total. The molecule has 0 aromatic rings. The fraction of sp³-hybridized carbons (Fsp3) is 0.889. The summed E-state index contributed by atoms with van der Waals surface area (Å²) in [5.41, 5.74) is 0. The Labute approximate surface area is 74.3 Å². The molecule has 0 spiro atoms. The Balaban J connectivity index is 1.74. The Morgan fingerprint density at radius 1 is 1.17 bits per heavy atom. The van der Waals surface area contributed by atoms with E-state index in [2.05, 4.69) is 23.3 Å². The predicted molar refractivity (Wildman–Crippen MR) is 47.7 cm³/mol. The molecule has 3 nitrogen and oxygen atoms in total. The van der Waals surface area contributed by atoms with E-state index in [1.54, 1.807) is 0 Å². The minimum Gasteiger partial charge on any atom is -0.378 e. The van der Waals surface area contributed by atoms with Crippen molar-refractivity contribution in [3.05, 3.63) is 6.54 Å². The zero-order valence-electron chi connectivity index (χ0n) is 7.70. The molecule has 0 unspecified atom stereocenters. The topological polar surface area (TPSA) is 15.7 Å². The summed E-state index contributed by atoms with van der Waals surface area (Å²) in [7, 11) is 0. The number of hydrogen-bond acceptors (Lipinski definition) is 3. The van der Waals surface area contributed by atoms with Gasteiger partial charge >= 0.3 is 0 Å². The lowest BCUT2D eigenvalue weighted by Crippen LogP contribution is -2.55. The molecule has 0 atom stereocenters. The number of ether oxygens (including phenoxy) is 1. The van der Waals surface area contributed by atoms with Crippen molar-refractivity contribution in [1.82, 2.24) is 9.80 Å². The SMILES string of the molecule is C[CH]N1CCN(C2COC2)CC1. The van der Waals surface area contributed by atoms with Gasteiger partial charge < -0.3 is 4.74 Å². The van der Waals surface area contributed by atoms with E-state index in [1.807, 2.05) is 0 Å². The summed E-state index contributed by atoms with van der Waals surface area (Å²) in [5, 5.41) is 0. The number of piperazine rings is 1. The van der Waals surface area contributed by atoms with E-state index in [-0.39, 0.29) is 0 Å². The van der Waals surface area contributed by atoms with Crippen molar-refractivity contribution in [2.24, 2.45) is 0 Å². The summed E-state index contributed by atoms with van der Waals surface area (Å²) < 4.78 is 5.18. The second-order valence-corrected chi connectivity index (χ2v) is 3.52. The van der Waals surface area contributed by atoms with Crippen molar-refractivity contribution < 1.29 is 4.74 Å². The highest BCUT2D eigenvalue weighted by molar-refractivity contribution is 4.83. The average Bonchev–Trinajstić information content (AvgIpc) is 2.03. The van der Waals surface area contributed by atoms with Gasteiger partial charge in [0.2, 0.25) is 0 Å². The van der Waals surface area contributed by atoms with Crippen molar-refractivity contribution >= 4 is 0 Å².